The fourth-order valence-electron chi connectivity index (χ4n) is 2.28. The first-order chi connectivity index (χ1) is 11.4. The van der Waals surface area contributed by atoms with Crippen molar-refractivity contribution in [2.75, 3.05) is 36.5 Å². The van der Waals surface area contributed by atoms with Crippen molar-refractivity contribution in [2.45, 2.75) is 6.18 Å². The molecular formula is C15H14ClF3N4O. The second kappa shape index (κ2) is 6.82. The van der Waals surface area contributed by atoms with Crippen molar-refractivity contribution >= 4 is 28.9 Å². The zero-order valence-electron chi connectivity index (χ0n) is 12.5. The molecule has 0 spiro atoms. The lowest BCUT2D eigenvalue weighted by molar-refractivity contribution is -0.138. The van der Waals surface area contributed by atoms with Gasteiger partial charge < -0.3 is 15.0 Å². The first kappa shape index (κ1) is 16.8. The van der Waals surface area contributed by atoms with Crippen LogP contribution in [0.3, 0.4) is 0 Å². The summed E-state index contributed by atoms with van der Waals surface area (Å²) in [4.78, 5) is 9.48. The number of halogens is 4. The van der Waals surface area contributed by atoms with Crippen LogP contribution in [0.1, 0.15) is 5.56 Å². The number of hydrogen-bond donors (Lipinski definition) is 1. The van der Waals surface area contributed by atoms with Gasteiger partial charge in [0.05, 0.1) is 29.5 Å². The number of benzene rings is 1. The monoisotopic (exact) mass is 358 g/mol. The van der Waals surface area contributed by atoms with Crippen LogP contribution < -0.4 is 10.2 Å². The molecule has 5 nitrogen and oxygen atoms in total. The van der Waals surface area contributed by atoms with Crippen LogP contribution in [0.4, 0.5) is 30.5 Å². The Morgan fingerprint density at radius 1 is 1.12 bits per heavy atom. The van der Waals surface area contributed by atoms with Crippen molar-refractivity contribution in [1.29, 1.82) is 0 Å². The zero-order valence-corrected chi connectivity index (χ0v) is 13.2. The average molecular weight is 359 g/mol. The Bertz CT molecular complexity index is 703. The smallest absolute Gasteiger partial charge is 0.378 e. The normalized spacial score (nSPS) is 15.4. The van der Waals surface area contributed by atoms with Crippen LogP contribution in [-0.4, -0.2) is 36.3 Å². The molecule has 2 heterocycles. The second-order valence-electron chi connectivity index (χ2n) is 5.18. The second-order valence-corrected chi connectivity index (χ2v) is 5.59. The number of morpholine rings is 1. The van der Waals surface area contributed by atoms with Gasteiger partial charge in [0, 0.05) is 31.2 Å². The van der Waals surface area contributed by atoms with E-state index in [2.05, 4.69) is 20.2 Å². The summed E-state index contributed by atoms with van der Waals surface area (Å²) in [6, 6.07) is 5.41. The van der Waals surface area contributed by atoms with Crippen molar-refractivity contribution in [3.05, 3.63) is 41.2 Å². The van der Waals surface area contributed by atoms with Crippen molar-refractivity contribution in [1.82, 2.24) is 9.97 Å². The van der Waals surface area contributed by atoms with Crippen LogP contribution >= 0.6 is 11.6 Å². The molecule has 128 valence electrons. The molecule has 24 heavy (non-hydrogen) atoms. The van der Waals surface area contributed by atoms with Crippen molar-refractivity contribution in [3.63, 3.8) is 0 Å². The highest BCUT2D eigenvalue weighted by Crippen LogP contribution is 2.31. The highest BCUT2D eigenvalue weighted by molar-refractivity contribution is 6.33. The molecule has 1 aliphatic rings. The molecule has 3 rings (SSSR count). The van der Waals surface area contributed by atoms with Crippen LogP contribution in [-0.2, 0) is 10.9 Å². The van der Waals surface area contributed by atoms with Gasteiger partial charge in [0.15, 0.2) is 0 Å². The molecule has 1 N–H and O–H groups in total. The van der Waals surface area contributed by atoms with E-state index in [0.29, 0.717) is 23.9 Å². The maximum atomic E-state index is 12.5. The van der Waals surface area contributed by atoms with E-state index >= 15 is 0 Å². The minimum absolute atomic E-state index is 0.0454. The molecule has 0 bridgehead atoms. The van der Waals surface area contributed by atoms with E-state index in [0.717, 1.165) is 31.2 Å². The summed E-state index contributed by atoms with van der Waals surface area (Å²) in [6.45, 7) is 2.89. The van der Waals surface area contributed by atoms with Crippen molar-refractivity contribution in [3.8, 4) is 0 Å². The zero-order chi connectivity index (χ0) is 17.2. The SMILES string of the molecule is FC(F)(F)c1cnc(Nc2ccc(N3CCOCC3)cc2Cl)nc1. The highest BCUT2D eigenvalue weighted by atomic mass is 35.5. The molecule has 1 aliphatic heterocycles. The molecule has 1 fully saturated rings. The Morgan fingerprint density at radius 2 is 1.79 bits per heavy atom. The molecule has 0 atom stereocenters. The topological polar surface area (TPSA) is 50.3 Å². The lowest BCUT2D eigenvalue weighted by Gasteiger charge is -2.29. The minimum atomic E-state index is -4.46. The van der Waals surface area contributed by atoms with Crippen LogP contribution in [0, 0.1) is 0 Å². The lowest BCUT2D eigenvalue weighted by Crippen LogP contribution is -2.36. The first-order valence-electron chi connectivity index (χ1n) is 7.22. The lowest BCUT2D eigenvalue weighted by atomic mass is 10.2. The van der Waals surface area contributed by atoms with Crippen LogP contribution in [0.5, 0.6) is 0 Å². The number of aromatic nitrogens is 2. The summed E-state index contributed by atoms with van der Waals surface area (Å²) < 4.78 is 42.8. The molecule has 0 unspecified atom stereocenters. The van der Waals surface area contributed by atoms with Crippen LogP contribution in [0.2, 0.25) is 5.02 Å². The summed E-state index contributed by atoms with van der Waals surface area (Å²) in [5.41, 5.74) is 0.581. The Hall–Kier alpha value is -2.06. The van der Waals surface area contributed by atoms with E-state index in [4.69, 9.17) is 16.3 Å². The maximum Gasteiger partial charge on any atom is 0.419 e. The summed E-state index contributed by atoms with van der Waals surface area (Å²) in [6.07, 6.45) is -3.01. The fraction of sp³-hybridized carbons (Fsp3) is 0.333. The highest BCUT2D eigenvalue weighted by Gasteiger charge is 2.31. The standard InChI is InChI=1S/C15H14ClF3N4O/c16-12-7-11(23-3-5-24-6-4-23)1-2-13(12)22-14-20-8-10(9-21-14)15(17,18)19/h1-2,7-9H,3-6H2,(H,20,21,22). The van der Waals surface area contributed by atoms with Gasteiger partial charge in [0.1, 0.15) is 0 Å². The van der Waals surface area contributed by atoms with E-state index in [1.54, 1.807) is 12.1 Å². The molecule has 9 heteroatoms. The van der Waals surface area contributed by atoms with E-state index in [9.17, 15) is 13.2 Å². The number of alkyl halides is 3. The Labute approximate surface area is 141 Å². The summed E-state index contributed by atoms with van der Waals surface area (Å²) in [5.74, 6) is 0.0454. The third-order valence-corrected chi connectivity index (χ3v) is 3.87. The Kier molecular flexibility index (Phi) is 4.77. The predicted molar refractivity (Wildman–Crippen MR) is 84.8 cm³/mol. The van der Waals surface area contributed by atoms with Gasteiger partial charge in [-0.05, 0) is 18.2 Å². The van der Waals surface area contributed by atoms with Gasteiger partial charge in [0.2, 0.25) is 5.95 Å². The molecule has 0 saturated carbocycles. The van der Waals surface area contributed by atoms with E-state index < -0.39 is 11.7 Å². The number of ether oxygens (including phenoxy) is 1. The third-order valence-electron chi connectivity index (χ3n) is 3.55. The van der Waals surface area contributed by atoms with E-state index in [-0.39, 0.29) is 5.95 Å². The number of nitrogens with zero attached hydrogens (tertiary/aromatic N) is 3. The van der Waals surface area contributed by atoms with E-state index in [1.165, 1.54) is 0 Å². The Morgan fingerprint density at radius 3 is 2.38 bits per heavy atom. The summed E-state index contributed by atoms with van der Waals surface area (Å²) in [5, 5.41) is 3.25. The predicted octanol–water partition coefficient (Wildman–Crippen LogP) is 3.73. The van der Waals surface area contributed by atoms with Gasteiger partial charge in [-0.3, -0.25) is 0 Å². The van der Waals surface area contributed by atoms with Crippen LogP contribution in [0.15, 0.2) is 30.6 Å². The third kappa shape index (κ3) is 3.88. The van der Waals surface area contributed by atoms with Gasteiger partial charge in [-0.2, -0.15) is 13.2 Å². The van der Waals surface area contributed by atoms with Gasteiger partial charge in [-0.25, -0.2) is 9.97 Å². The van der Waals surface area contributed by atoms with Crippen LogP contribution in [0.25, 0.3) is 0 Å². The van der Waals surface area contributed by atoms with Gasteiger partial charge in [0.25, 0.3) is 0 Å². The van der Waals surface area contributed by atoms with Crippen molar-refractivity contribution in [2.24, 2.45) is 0 Å². The average Bonchev–Trinajstić information content (AvgIpc) is 2.57. The molecule has 1 aromatic carbocycles. The maximum absolute atomic E-state index is 12.5. The molecule has 0 amide bonds. The number of nitrogens with one attached hydrogen (secondary N) is 1. The minimum Gasteiger partial charge on any atom is -0.378 e. The Balaban J connectivity index is 1.73. The van der Waals surface area contributed by atoms with Crippen molar-refractivity contribution < 1.29 is 17.9 Å². The largest absolute Gasteiger partial charge is 0.419 e. The molecule has 0 aliphatic carbocycles. The first-order valence-corrected chi connectivity index (χ1v) is 7.60. The molecule has 0 radical (unpaired) electrons. The number of hydrogen-bond acceptors (Lipinski definition) is 5. The molecule has 2 aromatic rings. The summed E-state index contributed by atoms with van der Waals surface area (Å²) in [7, 11) is 0. The van der Waals surface area contributed by atoms with Gasteiger partial charge >= 0.3 is 6.18 Å². The number of anilines is 3. The number of rotatable bonds is 3. The fourth-order valence-corrected chi connectivity index (χ4v) is 2.51. The molecule has 1 aromatic heterocycles. The van der Waals surface area contributed by atoms with Gasteiger partial charge in [-0.1, -0.05) is 11.6 Å². The van der Waals surface area contributed by atoms with Gasteiger partial charge in [-0.15, -0.1) is 0 Å². The molecular weight excluding hydrogens is 345 g/mol. The summed E-state index contributed by atoms with van der Waals surface area (Å²) >= 11 is 6.25. The van der Waals surface area contributed by atoms with E-state index in [1.807, 2.05) is 6.07 Å². The quantitative estimate of drug-likeness (QED) is 0.906. The molecule has 1 saturated heterocycles.